The molecule has 3 aromatic rings. The van der Waals surface area contributed by atoms with Crippen LogP contribution in [-0.2, 0) is 13.1 Å². The second-order valence-electron chi connectivity index (χ2n) is 6.17. The molecule has 0 radical (unpaired) electrons. The molecule has 0 aliphatic rings. The zero-order valence-electron chi connectivity index (χ0n) is 15.4. The third-order valence-electron chi connectivity index (χ3n) is 4.27. The van der Waals surface area contributed by atoms with E-state index in [2.05, 4.69) is 20.6 Å². The number of hydrogen-bond donors (Lipinski definition) is 2. The standard InChI is InChI=1S/C20H22ClN5O/c1-3-23-18-10-16(21)9-17(14(18)2)20(27)25-12-19-24-7-8-26(19)13-15-5-4-6-22-11-15/h4-11,23H,3,12-13H2,1-2H3,(H,25,27). The highest BCUT2D eigenvalue weighted by molar-refractivity contribution is 6.31. The van der Waals surface area contributed by atoms with Crippen LogP contribution in [0.15, 0.2) is 49.1 Å². The SMILES string of the molecule is CCNc1cc(Cl)cc(C(=O)NCc2nccn2Cc2cccnc2)c1C. The van der Waals surface area contributed by atoms with E-state index in [1.165, 1.54) is 0 Å². The molecule has 1 amide bonds. The van der Waals surface area contributed by atoms with Gasteiger partial charge in [-0.2, -0.15) is 0 Å². The van der Waals surface area contributed by atoms with Crippen molar-refractivity contribution in [1.29, 1.82) is 0 Å². The predicted octanol–water partition coefficient (Wildman–Crippen LogP) is 3.65. The number of anilines is 1. The average Bonchev–Trinajstić information content (AvgIpc) is 3.10. The van der Waals surface area contributed by atoms with E-state index >= 15 is 0 Å². The average molecular weight is 384 g/mol. The molecule has 0 bridgehead atoms. The van der Waals surface area contributed by atoms with Gasteiger partial charge in [0, 0.05) is 47.6 Å². The van der Waals surface area contributed by atoms with Gasteiger partial charge in [0.2, 0.25) is 0 Å². The number of rotatable bonds is 7. The van der Waals surface area contributed by atoms with E-state index in [1.54, 1.807) is 18.5 Å². The Kier molecular flexibility index (Phi) is 6.08. The number of nitrogens with one attached hydrogen (secondary N) is 2. The van der Waals surface area contributed by atoms with Gasteiger partial charge in [0.1, 0.15) is 5.82 Å². The summed E-state index contributed by atoms with van der Waals surface area (Å²) in [4.78, 5) is 21.2. The van der Waals surface area contributed by atoms with Crippen LogP contribution in [0.2, 0.25) is 5.02 Å². The van der Waals surface area contributed by atoms with Gasteiger partial charge in [0.05, 0.1) is 13.1 Å². The highest BCUT2D eigenvalue weighted by Crippen LogP contribution is 2.24. The molecule has 7 heteroatoms. The lowest BCUT2D eigenvalue weighted by Crippen LogP contribution is -2.26. The van der Waals surface area contributed by atoms with Crippen LogP contribution in [0.3, 0.4) is 0 Å². The Bertz CT molecular complexity index is 923. The first kappa shape index (κ1) is 18.9. The molecule has 2 aromatic heterocycles. The van der Waals surface area contributed by atoms with Crippen LogP contribution in [0.5, 0.6) is 0 Å². The zero-order valence-corrected chi connectivity index (χ0v) is 16.1. The molecular weight excluding hydrogens is 362 g/mol. The Morgan fingerprint density at radius 3 is 2.89 bits per heavy atom. The van der Waals surface area contributed by atoms with Crippen LogP contribution in [0.25, 0.3) is 0 Å². The van der Waals surface area contributed by atoms with Gasteiger partial charge < -0.3 is 15.2 Å². The number of carbonyl (C=O) groups excluding carboxylic acids is 1. The van der Waals surface area contributed by atoms with Gasteiger partial charge in [-0.1, -0.05) is 17.7 Å². The van der Waals surface area contributed by atoms with E-state index in [0.717, 1.165) is 29.2 Å². The lowest BCUT2D eigenvalue weighted by atomic mass is 10.1. The number of nitrogens with zero attached hydrogens (tertiary/aromatic N) is 3. The van der Waals surface area contributed by atoms with Crippen LogP contribution in [0.4, 0.5) is 5.69 Å². The minimum absolute atomic E-state index is 0.176. The maximum atomic E-state index is 12.7. The molecular formula is C20H22ClN5O. The van der Waals surface area contributed by atoms with Gasteiger partial charge in [0.15, 0.2) is 0 Å². The quantitative estimate of drug-likeness (QED) is 0.653. The Labute approximate surface area is 163 Å². The third-order valence-corrected chi connectivity index (χ3v) is 4.49. The molecule has 2 heterocycles. The van der Waals surface area contributed by atoms with Crippen molar-refractivity contribution in [2.45, 2.75) is 26.9 Å². The maximum absolute atomic E-state index is 12.7. The minimum Gasteiger partial charge on any atom is -0.385 e. The molecule has 0 saturated heterocycles. The van der Waals surface area contributed by atoms with Crippen LogP contribution < -0.4 is 10.6 Å². The van der Waals surface area contributed by atoms with Crippen molar-refractivity contribution in [2.75, 3.05) is 11.9 Å². The van der Waals surface area contributed by atoms with Gasteiger partial charge in [-0.15, -0.1) is 0 Å². The number of carbonyl (C=O) groups is 1. The fourth-order valence-electron chi connectivity index (χ4n) is 2.88. The first-order valence-corrected chi connectivity index (χ1v) is 9.17. The van der Waals surface area contributed by atoms with E-state index < -0.39 is 0 Å². The van der Waals surface area contributed by atoms with Crippen molar-refractivity contribution in [3.63, 3.8) is 0 Å². The molecule has 1 aromatic carbocycles. The second-order valence-corrected chi connectivity index (χ2v) is 6.61. The Balaban J connectivity index is 1.71. The van der Waals surface area contributed by atoms with Crippen molar-refractivity contribution in [3.05, 3.63) is 76.6 Å². The van der Waals surface area contributed by atoms with Gasteiger partial charge in [-0.3, -0.25) is 9.78 Å². The van der Waals surface area contributed by atoms with Gasteiger partial charge in [-0.25, -0.2) is 4.98 Å². The smallest absolute Gasteiger partial charge is 0.252 e. The third kappa shape index (κ3) is 4.65. The second kappa shape index (κ2) is 8.68. The summed E-state index contributed by atoms with van der Waals surface area (Å²) in [6, 6.07) is 7.43. The minimum atomic E-state index is -0.176. The first-order chi connectivity index (χ1) is 13.1. The highest BCUT2D eigenvalue weighted by atomic mass is 35.5. The highest BCUT2D eigenvalue weighted by Gasteiger charge is 2.14. The molecule has 0 atom stereocenters. The fraction of sp³-hybridized carbons (Fsp3) is 0.250. The molecule has 0 aliphatic heterocycles. The summed E-state index contributed by atoms with van der Waals surface area (Å²) < 4.78 is 1.99. The van der Waals surface area contributed by atoms with Crippen molar-refractivity contribution < 1.29 is 4.79 Å². The van der Waals surface area contributed by atoms with Crippen molar-refractivity contribution in [1.82, 2.24) is 19.9 Å². The number of aromatic nitrogens is 3. The maximum Gasteiger partial charge on any atom is 0.252 e. The monoisotopic (exact) mass is 383 g/mol. The largest absolute Gasteiger partial charge is 0.385 e. The lowest BCUT2D eigenvalue weighted by molar-refractivity contribution is 0.0949. The number of hydrogen-bond acceptors (Lipinski definition) is 4. The Morgan fingerprint density at radius 1 is 1.30 bits per heavy atom. The van der Waals surface area contributed by atoms with Crippen molar-refractivity contribution in [3.8, 4) is 0 Å². The molecule has 27 heavy (non-hydrogen) atoms. The molecule has 2 N–H and O–H groups in total. The van der Waals surface area contributed by atoms with E-state index in [-0.39, 0.29) is 5.91 Å². The summed E-state index contributed by atoms with van der Waals surface area (Å²) in [5.74, 6) is 0.601. The summed E-state index contributed by atoms with van der Waals surface area (Å²) in [7, 11) is 0. The number of halogens is 1. The van der Waals surface area contributed by atoms with Crippen molar-refractivity contribution >= 4 is 23.2 Å². The molecule has 140 valence electrons. The summed E-state index contributed by atoms with van der Waals surface area (Å²) in [5.41, 5.74) is 3.37. The van der Waals surface area contributed by atoms with Crippen LogP contribution in [0.1, 0.15) is 34.2 Å². The topological polar surface area (TPSA) is 71.8 Å². The summed E-state index contributed by atoms with van der Waals surface area (Å²) in [6.07, 6.45) is 7.18. The summed E-state index contributed by atoms with van der Waals surface area (Å²) in [6.45, 7) is 5.65. The van der Waals surface area contributed by atoms with Crippen molar-refractivity contribution in [2.24, 2.45) is 0 Å². The molecule has 0 spiro atoms. The summed E-state index contributed by atoms with van der Waals surface area (Å²) >= 11 is 6.17. The molecule has 0 unspecified atom stereocenters. The summed E-state index contributed by atoms with van der Waals surface area (Å²) in [5, 5.41) is 6.70. The van der Waals surface area contributed by atoms with Gasteiger partial charge in [-0.05, 0) is 43.2 Å². The molecule has 3 rings (SSSR count). The van der Waals surface area contributed by atoms with Crippen LogP contribution in [-0.4, -0.2) is 27.0 Å². The van der Waals surface area contributed by atoms with Crippen LogP contribution >= 0.6 is 11.6 Å². The fourth-order valence-corrected chi connectivity index (χ4v) is 3.10. The Morgan fingerprint density at radius 2 is 2.15 bits per heavy atom. The Hall–Kier alpha value is -2.86. The number of amides is 1. The number of pyridine rings is 1. The zero-order chi connectivity index (χ0) is 19.2. The first-order valence-electron chi connectivity index (χ1n) is 8.79. The molecule has 6 nitrogen and oxygen atoms in total. The number of imidazole rings is 1. The molecule has 0 saturated carbocycles. The van der Waals surface area contributed by atoms with E-state index in [4.69, 9.17) is 11.6 Å². The normalized spacial score (nSPS) is 10.6. The van der Waals surface area contributed by atoms with Gasteiger partial charge in [0.25, 0.3) is 5.91 Å². The molecule has 0 fully saturated rings. The predicted molar refractivity (Wildman–Crippen MR) is 107 cm³/mol. The number of benzene rings is 1. The van der Waals surface area contributed by atoms with E-state index in [0.29, 0.717) is 23.7 Å². The van der Waals surface area contributed by atoms with E-state index in [1.807, 2.05) is 49.0 Å². The van der Waals surface area contributed by atoms with Crippen LogP contribution in [0, 0.1) is 6.92 Å². The van der Waals surface area contributed by atoms with Gasteiger partial charge >= 0.3 is 0 Å². The van der Waals surface area contributed by atoms with E-state index in [9.17, 15) is 4.79 Å². The lowest BCUT2D eigenvalue weighted by Gasteiger charge is -2.14. The molecule has 0 aliphatic carbocycles.